The van der Waals surface area contributed by atoms with Crippen LogP contribution in [0.25, 0.3) is 0 Å². The molecular formula is C12H13NO6. The Morgan fingerprint density at radius 1 is 1.21 bits per heavy atom. The highest BCUT2D eigenvalue weighted by molar-refractivity contribution is 5.99. The van der Waals surface area contributed by atoms with Gasteiger partial charge in [-0.2, -0.15) is 0 Å². The van der Waals surface area contributed by atoms with E-state index in [4.69, 9.17) is 14.6 Å². The number of carboxylic acid groups (broad SMARTS) is 1. The van der Waals surface area contributed by atoms with E-state index in [-0.39, 0.29) is 22.7 Å². The molecule has 0 aromatic heterocycles. The number of benzene rings is 1. The maximum absolute atomic E-state index is 11.1. The molecule has 0 heterocycles. The standard InChI is InChI=1S/C12H13NO6/c1-6(14)13-10-5-8(18-3)4-9(12(16)17)11(10)19-7(2)15/h4-5H,1-3H3,(H,13,14)(H,16,17). The molecule has 102 valence electrons. The van der Waals surface area contributed by atoms with Crippen molar-refractivity contribution in [3.8, 4) is 11.5 Å². The van der Waals surface area contributed by atoms with Gasteiger partial charge in [0, 0.05) is 19.9 Å². The number of anilines is 1. The number of carbonyl (C=O) groups excluding carboxylic acids is 2. The summed E-state index contributed by atoms with van der Waals surface area (Å²) in [5.74, 6) is -2.44. The van der Waals surface area contributed by atoms with Gasteiger partial charge in [0.05, 0.1) is 12.8 Å². The van der Waals surface area contributed by atoms with E-state index in [1.165, 1.54) is 26.2 Å². The Hall–Kier alpha value is -2.57. The van der Waals surface area contributed by atoms with E-state index >= 15 is 0 Å². The molecule has 0 aliphatic heterocycles. The van der Waals surface area contributed by atoms with Crippen LogP contribution in [0.2, 0.25) is 0 Å². The Kier molecular flexibility index (Phi) is 4.46. The normalized spacial score (nSPS) is 9.63. The van der Waals surface area contributed by atoms with E-state index in [9.17, 15) is 14.4 Å². The second-order valence-corrected chi connectivity index (χ2v) is 3.63. The summed E-state index contributed by atoms with van der Waals surface area (Å²) < 4.78 is 9.78. The van der Waals surface area contributed by atoms with Crippen molar-refractivity contribution in [3.05, 3.63) is 17.7 Å². The molecule has 7 heteroatoms. The fourth-order valence-corrected chi connectivity index (χ4v) is 1.42. The van der Waals surface area contributed by atoms with Gasteiger partial charge in [-0.15, -0.1) is 0 Å². The van der Waals surface area contributed by atoms with Crippen LogP contribution in [0.1, 0.15) is 24.2 Å². The summed E-state index contributed by atoms with van der Waals surface area (Å²) in [4.78, 5) is 33.3. The molecule has 0 atom stereocenters. The molecule has 0 aliphatic carbocycles. The third-order valence-corrected chi connectivity index (χ3v) is 2.09. The van der Waals surface area contributed by atoms with Gasteiger partial charge in [-0.3, -0.25) is 9.59 Å². The number of hydrogen-bond donors (Lipinski definition) is 2. The quantitative estimate of drug-likeness (QED) is 0.629. The lowest BCUT2D eigenvalue weighted by atomic mass is 10.1. The second-order valence-electron chi connectivity index (χ2n) is 3.63. The fraction of sp³-hybridized carbons (Fsp3) is 0.250. The van der Waals surface area contributed by atoms with Gasteiger partial charge in [0.2, 0.25) is 5.91 Å². The Bertz CT molecular complexity index is 537. The molecule has 1 amide bonds. The highest BCUT2D eigenvalue weighted by Crippen LogP contribution is 2.34. The number of carbonyl (C=O) groups is 3. The molecule has 0 spiro atoms. The molecule has 0 saturated heterocycles. The maximum atomic E-state index is 11.1. The zero-order chi connectivity index (χ0) is 14.6. The lowest BCUT2D eigenvalue weighted by molar-refractivity contribution is -0.131. The molecule has 0 fully saturated rings. The number of carboxylic acids is 1. The molecule has 1 aromatic rings. The lowest BCUT2D eigenvalue weighted by Gasteiger charge is -2.13. The van der Waals surface area contributed by atoms with Gasteiger partial charge >= 0.3 is 11.9 Å². The van der Waals surface area contributed by atoms with Crippen molar-refractivity contribution in [2.75, 3.05) is 12.4 Å². The minimum absolute atomic E-state index is 0.0550. The highest BCUT2D eigenvalue weighted by atomic mass is 16.5. The molecule has 19 heavy (non-hydrogen) atoms. The monoisotopic (exact) mass is 267 g/mol. The molecule has 1 rings (SSSR count). The number of methoxy groups -OCH3 is 1. The van der Waals surface area contributed by atoms with Crippen LogP contribution in [-0.2, 0) is 9.59 Å². The minimum atomic E-state index is -1.30. The van der Waals surface area contributed by atoms with E-state index in [1.54, 1.807) is 0 Å². The summed E-state index contributed by atoms with van der Waals surface area (Å²) in [6.45, 7) is 2.38. The van der Waals surface area contributed by atoms with Gasteiger partial charge in [-0.05, 0) is 6.07 Å². The van der Waals surface area contributed by atoms with Crippen molar-refractivity contribution >= 4 is 23.5 Å². The number of ether oxygens (including phenoxy) is 2. The van der Waals surface area contributed by atoms with Crippen molar-refractivity contribution in [2.24, 2.45) is 0 Å². The van der Waals surface area contributed by atoms with Crippen LogP contribution in [0.5, 0.6) is 11.5 Å². The van der Waals surface area contributed by atoms with Crippen molar-refractivity contribution in [2.45, 2.75) is 13.8 Å². The van der Waals surface area contributed by atoms with Crippen LogP contribution in [0.15, 0.2) is 12.1 Å². The van der Waals surface area contributed by atoms with Gasteiger partial charge in [0.15, 0.2) is 5.75 Å². The lowest BCUT2D eigenvalue weighted by Crippen LogP contribution is -2.13. The number of amides is 1. The summed E-state index contributed by atoms with van der Waals surface area (Å²) >= 11 is 0. The molecule has 0 aliphatic rings. The van der Waals surface area contributed by atoms with Crippen LogP contribution >= 0.6 is 0 Å². The smallest absolute Gasteiger partial charge is 0.339 e. The zero-order valence-electron chi connectivity index (χ0n) is 10.6. The van der Waals surface area contributed by atoms with Gasteiger partial charge in [0.1, 0.15) is 11.3 Å². The highest BCUT2D eigenvalue weighted by Gasteiger charge is 2.20. The van der Waals surface area contributed by atoms with Gasteiger partial charge in [-0.25, -0.2) is 4.79 Å². The van der Waals surface area contributed by atoms with Crippen LogP contribution in [-0.4, -0.2) is 30.1 Å². The number of hydrogen-bond acceptors (Lipinski definition) is 5. The first kappa shape index (κ1) is 14.5. The molecule has 1 aromatic carbocycles. The largest absolute Gasteiger partial charge is 0.497 e. The first-order valence-corrected chi connectivity index (χ1v) is 5.26. The van der Waals surface area contributed by atoms with E-state index in [1.807, 2.05) is 0 Å². The van der Waals surface area contributed by atoms with Gasteiger partial charge in [0.25, 0.3) is 0 Å². The minimum Gasteiger partial charge on any atom is -0.497 e. The Morgan fingerprint density at radius 2 is 1.84 bits per heavy atom. The van der Waals surface area contributed by atoms with E-state index < -0.39 is 17.8 Å². The average Bonchev–Trinajstić information content (AvgIpc) is 2.29. The van der Waals surface area contributed by atoms with Crippen molar-refractivity contribution < 1.29 is 29.0 Å². The van der Waals surface area contributed by atoms with Gasteiger partial charge < -0.3 is 19.9 Å². The van der Waals surface area contributed by atoms with Crippen LogP contribution < -0.4 is 14.8 Å². The van der Waals surface area contributed by atoms with Crippen LogP contribution in [0.4, 0.5) is 5.69 Å². The predicted octanol–water partition coefficient (Wildman–Crippen LogP) is 1.28. The summed E-state index contributed by atoms with van der Waals surface area (Å²) in [6, 6.07) is 2.57. The molecule has 2 N–H and O–H groups in total. The molecule has 0 saturated carbocycles. The SMILES string of the molecule is COc1cc(NC(C)=O)c(OC(C)=O)c(C(=O)O)c1. The Morgan fingerprint density at radius 3 is 2.26 bits per heavy atom. The zero-order valence-corrected chi connectivity index (χ0v) is 10.6. The fourth-order valence-electron chi connectivity index (χ4n) is 1.42. The van der Waals surface area contributed by atoms with Crippen molar-refractivity contribution in [1.82, 2.24) is 0 Å². The third kappa shape index (κ3) is 3.70. The van der Waals surface area contributed by atoms with Gasteiger partial charge in [-0.1, -0.05) is 0 Å². The predicted molar refractivity (Wildman–Crippen MR) is 65.6 cm³/mol. The molecular weight excluding hydrogens is 254 g/mol. The topological polar surface area (TPSA) is 102 Å². The molecule has 0 unspecified atom stereocenters. The maximum Gasteiger partial charge on any atom is 0.339 e. The Balaban J connectivity index is 3.45. The number of nitrogens with one attached hydrogen (secondary N) is 1. The van der Waals surface area contributed by atoms with Crippen LogP contribution in [0.3, 0.4) is 0 Å². The summed E-state index contributed by atoms with van der Waals surface area (Å²) in [7, 11) is 1.35. The summed E-state index contributed by atoms with van der Waals surface area (Å²) in [5.41, 5.74) is -0.224. The van der Waals surface area contributed by atoms with Crippen LogP contribution in [0, 0.1) is 0 Å². The number of aromatic carboxylic acids is 1. The molecule has 0 radical (unpaired) electrons. The van der Waals surface area contributed by atoms with E-state index in [0.717, 1.165) is 6.92 Å². The molecule has 7 nitrogen and oxygen atoms in total. The first-order valence-electron chi connectivity index (χ1n) is 5.26. The molecule has 0 bridgehead atoms. The average molecular weight is 267 g/mol. The van der Waals surface area contributed by atoms with E-state index in [0.29, 0.717) is 0 Å². The number of rotatable bonds is 4. The summed E-state index contributed by atoms with van der Waals surface area (Å²) in [6.07, 6.45) is 0. The number of esters is 1. The third-order valence-electron chi connectivity index (χ3n) is 2.09. The second kappa shape index (κ2) is 5.85. The summed E-state index contributed by atoms with van der Waals surface area (Å²) in [5, 5.41) is 11.5. The van der Waals surface area contributed by atoms with Crippen molar-refractivity contribution in [1.29, 1.82) is 0 Å². The Labute approximate surface area is 109 Å². The van der Waals surface area contributed by atoms with E-state index in [2.05, 4.69) is 5.32 Å². The first-order chi connectivity index (χ1) is 8.85. The van der Waals surface area contributed by atoms with Crippen molar-refractivity contribution in [3.63, 3.8) is 0 Å².